The predicted octanol–water partition coefficient (Wildman–Crippen LogP) is 5.83. The Morgan fingerprint density at radius 2 is 1.67 bits per heavy atom. The van der Waals surface area contributed by atoms with Crippen molar-refractivity contribution < 1.29 is 8.78 Å². The van der Waals surface area contributed by atoms with Gasteiger partial charge in [-0.15, -0.1) is 0 Å². The third-order valence-corrected chi connectivity index (χ3v) is 5.42. The van der Waals surface area contributed by atoms with Gasteiger partial charge in [0.1, 0.15) is 0 Å². The Morgan fingerprint density at radius 1 is 0.958 bits per heavy atom. The lowest BCUT2D eigenvalue weighted by molar-refractivity contribution is 0.309. The van der Waals surface area contributed by atoms with Gasteiger partial charge in [0.2, 0.25) is 11.9 Å². The zero-order valence-corrected chi connectivity index (χ0v) is 14.3. The lowest BCUT2D eigenvalue weighted by Crippen LogP contribution is -2.14. The lowest BCUT2D eigenvalue weighted by Gasteiger charge is -2.29. The molecular weight excluding hydrogens is 304 g/mol. The molecule has 1 saturated carbocycles. The van der Waals surface area contributed by atoms with Crippen LogP contribution in [0, 0.1) is 17.8 Å². The Hall–Kier alpha value is -1.77. The molecule has 1 fully saturated rings. The molecule has 1 aromatic carbocycles. The van der Waals surface area contributed by atoms with E-state index in [9.17, 15) is 8.78 Å². The molecule has 1 nitrogen and oxygen atoms in total. The average Bonchev–Trinajstić information content (AvgIpc) is 2.62. The fourth-order valence-electron chi connectivity index (χ4n) is 3.80. The summed E-state index contributed by atoms with van der Waals surface area (Å²) in [7, 11) is 0. The van der Waals surface area contributed by atoms with Crippen molar-refractivity contribution in [2.45, 2.75) is 57.8 Å². The van der Waals surface area contributed by atoms with Crippen LogP contribution in [0.2, 0.25) is 0 Å². The third-order valence-electron chi connectivity index (χ3n) is 5.42. The quantitative estimate of drug-likeness (QED) is 0.629. The van der Waals surface area contributed by atoms with E-state index in [1.165, 1.54) is 48.9 Å². The number of rotatable bonds is 5. The average molecular weight is 329 g/mol. The molecule has 0 atom stereocenters. The second-order valence-electron chi connectivity index (χ2n) is 6.94. The molecule has 0 radical (unpaired) electrons. The molecule has 3 heteroatoms. The summed E-state index contributed by atoms with van der Waals surface area (Å²) in [4.78, 5) is 3.27. The highest BCUT2D eigenvalue weighted by molar-refractivity contribution is 5.25. The third kappa shape index (κ3) is 4.19. The van der Waals surface area contributed by atoms with Crippen molar-refractivity contribution in [1.82, 2.24) is 4.98 Å². The van der Waals surface area contributed by atoms with Gasteiger partial charge in [0, 0.05) is 5.56 Å². The molecule has 0 unspecified atom stereocenters. The summed E-state index contributed by atoms with van der Waals surface area (Å²) >= 11 is 0. The molecule has 24 heavy (non-hydrogen) atoms. The highest BCUT2D eigenvalue weighted by Crippen LogP contribution is 2.37. The van der Waals surface area contributed by atoms with Crippen molar-refractivity contribution in [2.75, 3.05) is 0 Å². The summed E-state index contributed by atoms with van der Waals surface area (Å²) in [6.07, 6.45) is 7.50. The summed E-state index contributed by atoms with van der Waals surface area (Å²) < 4.78 is 26.4. The van der Waals surface area contributed by atoms with Crippen molar-refractivity contribution in [3.63, 3.8) is 0 Å². The number of aryl methyl sites for hydroxylation is 2. The molecule has 0 bridgehead atoms. The molecule has 1 heterocycles. The van der Waals surface area contributed by atoms with Gasteiger partial charge in [-0.2, -0.15) is 13.8 Å². The van der Waals surface area contributed by atoms with Crippen LogP contribution in [0.1, 0.15) is 61.6 Å². The molecule has 0 N–H and O–H groups in total. The molecule has 0 amide bonds. The number of pyridine rings is 1. The van der Waals surface area contributed by atoms with Gasteiger partial charge in [0.25, 0.3) is 0 Å². The maximum Gasteiger partial charge on any atom is 0.218 e. The maximum absolute atomic E-state index is 13.6. The molecule has 1 aliphatic carbocycles. The van der Waals surface area contributed by atoms with E-state index in [-0.39, 0.29) is 0 Å². The molecule has 0 spiro atoms. The van der Waals surface area contributed by atoms with Crippen LogP contribution in [-0.4, -0.2) is 4.98 Å². The van der Waals surface area contributed by atoms with Gasteiger partial charge in [-0.05, 0) is 80.0 Å². The lowest BCUT2D eigenvalue weighted by atomic mass is 9.77. The number of hydrogen-bond donors (Lipinski definition) is 0. The van der Waals surface area contributed by atoms with E-state index in [0.29, 0.717) is 23.8 Å². The summed E-state index contributed by atoms with van der Waals surface area (Å²) in [6.45, 7) is 2.18. The van der Waals surface area contributed by atoms with E-state index in [1.807, 2.05) is 0 Å². The second kappa shape index (κ2) is 7.87. The van der Waals surface area contributed by atoms with Gasteiger partial charge >= 0.3 is 0 Å². The van der Waals surface area contributed by atoms with Crippen molar-refractivity contribution in [3.05, 3.63) is 65.0 Å². The first-order chi connectivity index (χ1) is 11.7. The molecule has 1 aliphatic rings. The molecule has 2 aromatic rings. The van der Waals surface area contributed by atoms with Crippen LogP contribution in [0.3, 0.4) is 0 Å². The van der Waals surface area contributed by atoms with Crippen LogP contribution in [-0.2, 0) is 12.8 Å². The van der Waals surface area contributed by atoms with Gasteiger partial charge < -0.3 is 0 Å². The van der Waals surface area contributed by atoms with E-state index < -0.39 is 11.9 Å². The van der Waals surface area contributed by atoms with Crippen LogP contribution in [0.5, 0.6) is 0 Å². The van der Waals surface area contributed by atoms with Gasteiger partial charge in [0.15, 0.2) is 0 Å². The number of benzene rings is 1. The monoisotopic (exact) mass is 329 g/mol. The molecule has 1 aromatic heterocycles. The van der Waals surface area contributed by atoms with Gasteiger partial charge in [-0.3, -0.25) is 0 Å². The van der Waals surface area contributed by atoms with Gasteiger partial charge in [-0.1, -0.05) is 31.2 Å². The Bertz CT molecular complexity index is 658. The van der Waals surface area contributed by atoms with E-state index >= 15 is 0 Å². The molecular formula is C21H25F2N. The van der Waals surface area contributed by atoms with E-state index in [0.717, 1.165) is 12.8 Å². The number of aromatic nitrogens is 1. The first kappa shape index (κ1) is 17.1. The second-order valence-corrected chi connectivity index (χ2v) is 6.94. The van der Waals surface area contributed by atoms with Gasteiger partial charge in [0.05, 0.1) is 0 Å². The van der Waals surface area contributed by atoms with Crippen LogP contribution in [0.15, 0.2) is 36.4 Å². The summed E-state index contributed by atoms with van der Waals surface area (Å²) in [5, 5.41) is 0. The van der Waals surface area contributed by atoms with Gasteiger partial charge in [-0.25, -0.2) is 0 Å². The van der Waals surface area contributed by atoms with Crippen LogP contribution >= 0.6 is 0 Å². The molecule has 0 saturated heterocycles. The summed E-state index contributed by atoms with van der Waals surface area (Å²) in [5.74, 6) is -0.0949. The van der Waals surface area contributed by atoms with Crippen molar-refractivity contribution in [2.24, 2.45) is 5.92 Å². The molecule has 128 valence electrons. The Kier molecular flexibility index (Phi) is 5.60. The molecule has 3 rings (SSSR count). The smallest absolute Gasteiger partial charge is 0.190 e. The van der Waals surface area contributed by atoms with Crippen molar-refractivity contribution in [1.29, 1.82) is 0 Å². The summed E-state index contributed by atoms with van der Waals surface area (Å²) in [6, 6.07) is 11.8. The van der Waals surface area contributed by atoms with Crippen LogP contribution < -0.4 is 0 Å². The maximum atomic E-state index is 13.6. The SMILES string of the molecule is CCc1ccc([C@H]2CC[C@H](CCc3ccc(F)nc3F)CC2)cc1. The first-order valence-corrected chi connectivity index (χ1v) is 9.05. The first-order valence-electron chi connectivity index (χ1n) is 9.05. The van der Waals surface area contributed by atoms with E-state index in [1.54, 1.807) is 0 Å². The number of nitrogens with zero attached hydrogens (tertiary/aromatic N) is 1. The number of hydrogen-bond acceptors (Lipinski definition) is 1. The zero-order chi connectivity index (χ0) is 16.9. The summed E-state index contributed by atoms with van der Waals surface area (Å²) in [5.41, 5.74) is 3.38. The van der Waals surface area contributed by atoms with Crippen LogP contribution in [0.4, 0.5) is 8.78 Å². The Morgan fingerprint density at radius 3 is 2.29 bits per heavy atom. The Labute approximate surface area is 143 Å². The zero-order valence-electron chi connectivity index (χ0n) is 14.3. The molecule has 0 aliphatic heterocycles. The fraction of sp³-hybridized carbons (Fsp3) is 0.476. The minimum Gasteiger partial charge on any atom is -0.190 e. The predicted molar refractivity (Wildman–Crippen MR) is 93.0 cm³/mol. The largest absolute Gasteiger partial charge is 0.218 e. The minimum atomic E-state index is -0.745. The van der Waals surface area contributed by atoms with Crippen LogP contribution in [0.25, 0.3) is 0 Å². The highest BCUT2D eigenvalue weighted by atomic mass is 19.1. The minimum absolute atomic E-state index is 0.536. The van der Waals surface area contributed by atoms with E-state index in [2.05, 4.69) is 36.2 Å². The highest BCUT2D eigenvalue weighted by Gasteiger charge is 2.22. The topological polar surface area (TPSA) is 12.9 Å². The Balaban J connectivity index is 1.49. The van der Waals surface area contributed by atoms with Crippen molar-refractivity contribution >= 4 is 0 Å². The normalized spacial score (nSPS) is 21.0. The van der Waals surface area contributed by atoms with Crippen molar-refractivity contribution in [3.8, 4) is 0 Å². The standard InChI is InChI=1S/C21H25F2N/c1-2-15-3-8-17(9-4-15)18-10-5-16(6-11-18)7-12-19-13-14-20(22)24-21(19)23/h3-4,8-9,13-14,16,18H,2,5-7,10-12H2,1H3/t16-,18-. The fourth-order valence-corrected chi connectivity index (χ4v) is 3.80. The van der Waals surface area contributed by atoms with E-state index in [4.69, 9.17) is 0 Å². The number of halogens is 2.